The van der Waals surface area contributed by atoms with Gasteiger partial charge < -0.3 is 0 Å². The van der Waals surface area contributed by atoms with E-state index in [0.717, 1.165) is 10.8 Å². The lowest BCUT2D eigenvalue weighted by molar-refractivity contribution is 1.66. The Balaban J connectivity index is 2.02. The first-order valence-corrected chi connectivity index (χ1v) is 9.73. The molecule has 0 aromatic heterocycles. The summed E-state index contributed by atoms with van der Waals surface area (Å²) in [6.45, 7) is 0. The van der Waals surface area contributed by atoms with Crippen molar-refractivity contribution in [2.24, 2.45) is 0 Å². The normalized spacial score (nSPS) is 15.1. The maximum atomic E-state index is 9.11. The summed E-state index contributed by atoms with van der Waals surface area (Å²) in [5, 5.41) is 2.37. The minimum atomic E-state index is -0.460. The zero-order chi connectivity index (χ0) is 26.9. The van der Waals surface area contributed by atoms with E-state index >= 15 is 0 Å². The Morgan fingerprint density at radius 1 is 0.500 bits per heavy atom. The van der Waals surface area contributed by atoms with Crippen LogP contribution in [0.1, 0.15) is 11.0 Å². The van der Waals surface area contributed by atoms with Gasteiger partial charge >= 0.3 is 0 Å². The molecule has 0 fully saturated rings. The summed E-state index contributed by atoms with van der Waals surface area (Å²) in [7, 11) is 0. The molecule has 6 rings (SSSR count). The Hall–Kier alpha value is -3.90. The second kappa shape index (κ2) is 6.86. The van der Waals surface area contributed by atoms with Crippen LogP contribution in [0.2, 0.25) is 0 Å². The summed E-state index contributed by atoms with van der Waals surface area (Å²) >= 11 is 0. The number of hydrogen-bond acceptors (Lipinski definition) is 0. The standard InChI is InChI=1S/C30H20/c1-2-11-22(12-3-1)29-26-17-7-5-13-23(26)20-24-15-9-19-28(30(24)29)27-18-8-14-21-10-4-6-16-25(21)27/h1-20H/i5D,7D,9D,13D,15D,17D,19D,20D. The largest absolute Gasteiger partial charge is 0.0636 e. The third-order valence-electron chi connectivity index (χ3n) is 5.43. The highest BCUT2D eigenvalue weighted by Gasteiger charge is 2.15. The van der Waals surface area contributed by atoms with E-state index in [-0.39, 0.29) is 52.4 Å². The summed E-state index contributed by atoms with van der Waals surface area (Å²) in [5.41, 5.74) is 2.07. The highest BCUT2D eigenvalue weighted by Crippen LogP contribution is 2.42. The van der Waals surface area contributed by atoms with Gasteiger partial charge in [0.1, 0.15) is 0 Å². The molecule has 0 saturated heterocycles. The first kappa shape index (κ1) is 10.8. The van der Waals surface area contributed by atoms with E-state index in [0.29, 0.717) is 27.6 Å². The first-order chi connectivity index (χ1) is 18.2. The van der Waals surface area contributed by atoms with Crippen LogP contribution in [0.15, 0.2) is 121 Å². The van der Waals surface area contributed by atoms with Gasteiger partial charge in [-0.1, -0.05) is 115 Å². The molecule has 0 heterocycles. The number of fused-ring (bicyclic) bond motifs is 3. The van der Waals surface area contributed by atoms with Gasteiger partial charge in [0.25, 0.3) is 0 Å². The minimum absolute atomic E-state index is 0.00291. The van der Waals surface area contributed by atoms with Crippen molar-refractivity contribution in [3.63, 3.8) is 0 Å². The number of rotatable bonds is 2. The fourth-order valence-corrected chi connectivity index (χ4v) is 4.13. The molecule has 6 aromatic carbocycles. The summed E-state index contributed by atoms with van der Waals surface area (Å²) in [5.74, 6) is 0. The van der Waals surface area contributed by atoms with Crippen molar-refractivity contribution >= 4 is 32.3 Å². The highest BCUT2D eigenvalue weighted by molar-refractivity contribution is 6.19. The van der Waals surface area contributed by atoms with E-state index in [1.807, 2.05) is 72.8 Å². The molecule has 0 nitrogen and oxygen atoms in total. The van der Waals surface area contributed by atoms with Crippen molar-refractivity contribution in [2.45, 2.75) is 0 Å². The van der Waals surface area contributed by atoms with E-state index in [1.54, 1.807) is 0 Å². The lowest BCUT2D eigenvalue weighted by atomic mass is 9.86. The average Bonchev–Trinajstić information content (AvgIpc) is 2.94. The van der Waals surface area contributed by atoms with Gasteiger partial charge in [0.05, 0.1) is 11.0 Å². The van der Waals surface area contributed by atoms with E-state index in [1.165, 1.54) is 0 Å². The Kier molecular flexibility index (Phi) is 2.46. The van der Waals surface area contributed by atoms with Crippen LogP contribution in [-0.4, -0.2) is 0 Å². The van der Waals surface area contributed by atoms with Gasteiger partial charge in [-0.3, -0.25) is 0 Å². The second-order valence-corrected chi connectivity index (χ2v) is 7.14. The van der Waals surface area contributed by atoms with Crippen molar-refractivity contribution in [1.29, 1.82) is 0 Å². The molecule has 30 heavy (non-hydrogen) atoms. The van der Waals surface area contributed by atoms with Crippen molar-refractivity contribution in [1.82, 2.24) is 0 Å². The molecule has 0 radical (unpaired) electrons. The van der Waals surface area contributed by atoms with Crippen LogP contribution in [0.3, 0.4) is 0 Å². The van der Waals surface area contributed by atoms with Crippen LogP contribution >= 0.6 is 0 Å². The van der Waals surface area contributed by atoms with Crippen LogP contribution in [-0.2, 0) is 0 Å². The molecule has 0 amide bonds. The molecule has 0 N–H and O–H groups in total. The topological polar surface area (TPSA) is 0 Å². The van der Waals surface area contributed by atoms with Gasteiger partial charge in [-0.05, 0) is 60.6 Å². The van der Waals surface area contributed by atoms with E-state index in [9.17, 15) is 0 Å². The monoisotopic (exact) mass is 388 g/mol. The maximum absolute atomic E-state index is 9.11. The Labute approximate surface area is 187 Å². The van der Waals surface area contributed by atoms with E-state index in [2.05, 4.69) is 0 Å². The molecule has 0 heteroatoms. The Morgan fingerprint density at radius 2 is 1.27 bits per heavy atom. The van der Waals surface area contributed by atoms with Gasteiger partial charge in [-0.25, -0.2) is 0 Å². The molecule has 0 saturated carbocycles. The zero-order valence-corrected chi connectivity index (χ0v) is 15.9. The molecule has 0 spiro atoms. The summed E-state index contributed by atoms with van der Waals surface area (Å²) in [4.78, 5) is 0. The highest BCUT2D eigenvalue weighted by atomic mass is 14.2. The van der Waals surface area contributed by atoms with Gasteiger partial charge in [0, 0.05) is 0 Å². The second-order valence-electron chi connectivity index (χ2n) is 7.14. The molecule has 0 aliphatic carbocycles. The van der Waals surface area contributed by atoms with Crippen molar-refractivity contribution < 1.29 is 11.0 Å². The molecule has 0 aliphatic rings. The molecule has 0 aliphatic heterocycles. The fraction of sp³-hybridized carbons (Fsp3) is 0. The minimum Gasteiger partial charge on any atom is -0.0622 e. The van der Waals surface area contributed by atoms with Crippen LogP contribution in [0.25, 0.3) is 54.6 Å². The molecular formula is C30H20. The van der Waals surface area contributed by atoms with Crippen molar-refractivity contribution in [2.75, 3.05) is 0 Å². The zero-order valence-electron chi connectivity index (χ0n) is 23.9. The van der Waals surface area contributed by atoms with Gasteiger partial charge in [-0.15, -0.1) is 0 Å². The average molecular weight is 389 g/mol. The third kappa shape index (κ3) is 2.62. The van der Waals surface area contributed by atoms with Gasteiger partial charge in [0.15, 0.2) is 0 Å². The third-order valence-corrected chi connectivity index (χ3v) is 5.43. The SMILES string of the molecule is [2H]c1c([2H])c([2H])c2c(-c3ccccc3)c3c(-c4cccc5ccccc45)c([2H])c([2H])c([2H])c3c([2H])c2c1[2H]. The van der Waals surface area contributed by atoms with Crippen LogP contribution < -0.4 is 0 Å². The predicted octanol–water partition coefficient (Wildman–Crippen LogP) is 8.48. The molecule has 0 unspecified atom stereocenters. The van der Waals surface area contributed by atoms with Crippen molar-refractivity contribution in [3.8, 4) is 22.3 Å². The first-order valence-electron chi connectivity index (χ1n) is 13.7. The van der Waals surface area contributed by atoms with Crippen LogP contribution in [0.4, 0.5) is 0 Å². The maximum Gasteiger partial charge on any atom is 0.0636 e. The summed E-state index contributed by atoms with van der Waals surface area (Å²) in [6, 6.07) is 19.8. The molecule has 0 atom stereocenters. The number of hydrogen-bond donors (Lipinski definition) is 0. The summed E-state index contributed by atoms with van der Waals surface area (Å²) < 4.78 is 69.7. The van der Waals surface area contributed by atoms with E-state index < -0.39 is 12.1 Å². The predicted molar refractivity (Wildman–Crippen MR) is 130 cm³/mol. The Morgan fingerprint density at radius 3 is 2.20 bits per heavy atom. The molecule has 0 bridgehead atoms. The lowest BCUT2D eigenvalue weighted by Crippen LogP contribution is -1.90. The quantitative estimate of drug-likeness (QED) is 0.261. The molecule has 140 valence electrons. The van der Waals surface area contributed by atoms with Crippen LogP contribution in [0, 0.1) is 0 Å². The van der Waals surface area contributed by atoms with Crippen LogP contribution in [0.5, 0.6) is 0 Å². The van der Waals surface area contributed by atoms with Gasteiger partial charge in [-0.2, -0.15) is 0 Å². The number of benzene rings is 6. The smallest absolute Gasteiger partial charge is 0.0622 e. The molecular weight excluding hydrogens is 360 g/mol. The van der Waals surface area contributed by atoms with E-state index in [4.69, 9.17) is 11.0 Å². The lowest BCUT2D eigenvalue weighted by Gasteiger charge is -2.17. The fourth-order valence-electron chi connectivity index (χ4n) is 4.13. The van der Waals surface area contributed by atoms with Crippen molar-refractivity contribution in [3.05, 3.63) is 121 Å². The molecule has 6 aromatic rings. The van der Waals surface area contributed by atoms with Gasteiger partial charge in [0.2, 0.25) is 0 Å². The Bertz CT molecular complexity index is 1940. The summed E-state index contributed by atoms with van der Waals surface area (Å²) in [6.07, 6.45) is 0.